The Labute approximate surface area is 140 Å². The second-order valence-corrected chi connectivity index (χ2v) is 6.20. The molecule has 1 amide bonds. The lowest BCUT2D eigenvalue weighted by molar-refractivity contribution is -0.124. The fourth-order valence-electron chi connectivity index (χ4n) is 2.99. The summed E-state index contributed by atoms with van der Waals surface area (Å²) in [7, 11) is 0. The van der Waals surface area contributed by atoms with Crippen molar-refractivity contribution < 1.29 is 19.1 Å². The SMILES string of the molecule is CCOCCCOCCCC(=O)NC1CCC(C(=O)CC)CC1. The molecular weight excluding hydrogens is 294 g/mol. The van der Waals surface area contributed by atoms with Crippen LogP contribution < -0.4 is 5.32 Å². The number of hydrogen-bond donors (Lipinski definition) is 1. The van der Waals surface area contributed by atoms with Crippen molar-refractivity contribution in [3.8, 4) is 0 Å². The highest BCUT2D eigenvalue weighted by atomic mass is 16.5. The number of rotatable bonds is 12. The highest BCUT2D eigenvalue weighted by molar-refractivity contribution is 5.80. The van der Waals surface area contributed by atoms with E-state index >= 15 is 0 Å². The predicted octanol–water partition coefficient (Wildman–Crippen LogP) is 2.86. The number of hydrogen-bond acceptors (Lipinski definition) is 4. The number of carbonyl (C=O) groups excluding carboxylic acids is 2. The van der Waals surface area contributed by atoms with Crippen LogP contribution in [0.4, 0.5) is 0 Å². The Morgan fingerprint density at radius 3 is 2.26 bits per heavy atom. The summed E-state index contributed by atoms with van der Waals surface area (Å²) < 4.78 is 10.7. The lowest BCUT2D eigenvalue weighted by Gasteiger charge is -2.28. The Balaban J connectivity index is 1.99. The molecule has 1 saturated carbocycles. The van der Waals surface area contributed by atoms with Crippen molar-refractivity contribution in [2.24, 2.45) is 5.92 Å². The van der Waals surface area contributed by atoms with Crippen molar-refractivity contribution in [3.63, 3.8) is 0 Å². The standard InChI is InChI=1S/C18H33NO4/c1-3-17(20)15-8-10-16(11-9-15)19-18(21)7-5-12-23-14-6-13-22-4-2/h15-16H,3-14H2,1-2H3,(H,19,21). The molecule has 0 radical (unpaired) electrons. The molecular formula is C18H33NO4. The van der Waals surface area contributed by atoms with Gasteiger partial charge in [-0.05, 0) is 45.4 Å². The second-order valence-electron chi connectivity index (χ2n) is 6.20. The Morgan fingerprint density at radius 2 is 1.61 bits per heavy atom. The van der Waals surface area contributed by atoms with E-state index in [1.807, 2.05) is 13.8 Å². The molecule has 1 aliphatic rings. The van der Waals surface area contributed by atoms with E-state index in [9.17, 15) is 9.59 Å². The van der Waals surface area contributed by atoms with Gasteiger partial charge in [-0.3, -0.25) is 9.59 Å². The Bertz CT molecular complexity index is 338. The van der Waals surface area contributed by atoms with Gasteiger partial charge in [0.1, 0.15) is 5.78 Å². The minimum Gasteiger partial charge on any atom is -0.382 e. The fourth-order valence-corrected chi connectivity index (χ4v) is 2.99. The van der Waals surface area contributed by atoms with Crippen LogP contribution in [0.3, 0.4) is 0 Å². The van der Waals surface area contributed by atoms with Gasteiger partial charge in [-0.2, -0.15) is 0 Å². The summed E-state index contributed by atoms with van der Waals surface area (Å²) in [6.45, 7) is 6.70. The van der Waals surface area contributed by atoms with Crippen LogP contribution in [0.5, 0.6) is 0 Å². The first-order valence-corrected chi connectivity index (χ1v) is 9.14. The molecule has 0 saturated heterocycles. The summed E-state index contributed by atoms with van der Waals surface area (Å²) in [5.74, 6) is 0.697. The van der Waals surface area contributed by atoms with Gasteiger partial charge in [0.2, 0.25) is 5.91 Å². The molecule has 1 rings (SSSR count). The van der Waals surface area contributed by atoms with Gasteiger partial charge in [0.05, 0.1) is 0 Å². The average molecular weight is 327 g/mol. The van der Waals surface area contributed by atoms with Crippen molar-refractivity contribution in [1.82, 2.24) is 5.32 Å². The first-order chi connectivity index (χ1) is 11.2. The van der Waals surface area contributed by atoms with Crippen LogP contribution in [0.1, 0.15) is 65.2 Å². The van der Waals surface area contributed by atoms with Crippen LogP contribution in [-0.2, 0) is 19.1 Å². The largest absolute Gasteiger partial charge is 0.382 e. The second kappa shape index (κ2) is 12.5. The zero-order chi connectivity index (χ0) is 16.9. The zero-order valence-electron chi connectivity index (χ0n) is 14.8. The topological polar surface area (TPSA) is 64.6 Å². The van der Waals surface area contributed by atoms with Crippen molar-refractivity contribution in [2.75, 3.05) is 26.4 Å². The van der Waals surface area contributed by atoms with Crippen molar-refractivity contribution in [3.05, 3.63) is 0 Å². The molecule has 5 heteroatoms. The van der Waals surface area contributed by atoms with Gasteiger partial charge in [0.25, 0.3) is 0 Å². The van der Waals surface area contributed by atoms with E-state index in [4.69, 9.17) is 9.47 Å². The van der Waals surface area contributed by atoms with Gasteiger partial charge < -0.3 is 14.8 Å². The van der Waals surface area contributed by atoms with Crippen molar-refractivity contribution in [1.29, 1.82) is 0 Å². The third-order valence-corrected chi connectivity index (χ3v) is 4.37. The minimum atomic E-state index is 0.105. The maximum Gasteiger partial charge on any atom is 0.220 e. The van der Waals surface area contributed by atoms with Crippen molar-refractivity contribution in [2.45, 2.75) is 71.3 Å². The van der Waals surface area contributed by atoms with Gasteiger partial charge in [-0.15, -0.1) is 0 Å². The molecule has 1 fully saturated rings. The van der Waals surface area contributed by atoms with Crippen LogP contribution in [0.25, 0.3) is 0 Å². The maximum absolute atomic E-state index is 11.9. The normalized spacial score (nSPS) is 21.1. The van der Waals surface area contributed by atoms with E-state index in [1.165, 1.54) is 0 Å². The molecule has 5 nitrogen and oxygen atoms in total. The third kappa shape index (κ3) is 9.06. The van der Waals surface area contributed by atoms with E-state index in [-0.39, 0.29) is 17.9 Å². The van der Waals surface area contributed by atoms with Crippen LogP contribution in [0.15, 0.2) is 0 Å². The highest BCUT2D eigenvalue weighted by Crippen LogP contribution is 2.25. The summed E-state index contributed by atoms with van der Waals surface area (Å²) in [6.07, 6.45) is 6.49. The van der Waals surface area contributed by atoms with E-state index in [0.29, 0.717) is 31.8 Å². The van der Waals surface area contributed by atoms with Gasteiger partial charge in [0, 0.05) is 51.2 Å². The Morgan fingerprint density at radius 1 is 0.957 bits per heavy atom. The van der Waals surface area contributed by atoms with E-state index in [0.717, 1.165) is 51.7 Å². The number of ketones is 1. The Kier molecular flexibility index (Phi) is 10.9. The van der Waals surface area contributed by atoms with E-state index < -0.39 is 0 Å². The van der Waals surface area contributed by atoms with Gasteiger partial charge in [-0.25, -0.2) is 0 Å². The summed E-state index contributed by atoms with van der Waals surface area (Å²) >= 11 is 0. The molecule has 0 aromatic rings. The fraction of sp³-hybridized carbons (Fsp3) is 0.889. The summed E-state index contributed by atoms with van der Waals surface area (Å²) in [4.78, 5) is 23.6. The number of ether oxygens (including phenoxy) is 2. The minimum absolute atomic E-state index is 0.105. The maximum atomic E-state index is 11.9. The van der Waals surface area contributed by atoms with Crippen molar-refractivity contribution >= 4 is 11.7 Å². The summed E-state index contributed by atoms with van der Waals surface area (Å²) in [6, 6.07) is 0.246. The van der Waals surface area contributed by atoms with Crippen LogP contribution >= 0.6 is 0 Å². The van der Waals surface area contributed by atoms with Gasteiger partial charge in [-0.1, -0.05) is 6.92 Å². The summed E-state index contributed by atoms with van der Waals surface area (Å²) in [5.41, 5.74) is 0. The number of carbonyl (C=O) groups is 2. The molecule has 0 unspecified atom stereocenters. The molecule has 0 aromatic heterocycles. The zero-order valence-corrected chi connectivity index (χ0v) is 14.8. The van der Waals surface area contributed by atoms with Gasteiger partial charge >= 0.3 is 0 Å². The third-order valence-electron chi connectivity index (χ3n) is 4.37. The molecule has 0 atom stereocenters. The number of Topliss-reactive ketones (excluding diaryl/α,β-unsaturated/α-hetero) is 1. The molecule has 0 spiro atoms. The van der Waals surface area contributed by atoms with Crippen LogP contribution in [0, 0.1) is 5.92 Å². The molecule has 1 aliphatic carbocycles. The molecule has 0 aliphatic heterocycles. The Hall–Kier alpha value is -0.940. The molecule has 0 aromatic carbocycles. The summed E-state index contributed by atoms with van der Waals surface area (Å²) in [5, 5.41) is 3.09. The lowest BCUT2D eigenvalue weighted by Crippen LogP contribution is -2.38. The van der Waals surface area contributed by atoms with Crippen LogP contribution in [0.2, 0.25) is 0 Å². The molecule has 23 heavy (non-hydrogen) atoms. The quantitative estimate of drug-likeness (QED) is 0.560. The van der Waals surface area contributed by atoms with E-state index in [1.54, 1.807) is 0 Å². The number of nitrogens with one attached hydrogen (secondary N) is 1. The monoisotopic (exact) mass is 327 g/mol. The molecule has 1 N–H and O–H groups in total. The smallest absolute Gasteiger partial charge is 0.220 e. The van der Waals surface area contributed by atoms with E-state index in [2.05, 4.69) is 5.32 Å². The molecule has 0 bridgehead atoms. The predicted molar refractivity (Wildman–Crippen MR) is 90.3 cm³/mol. The molecule has 134 valence electrons. The first kappa shape index (κ1) is 20.1. The van der Waals surface area contributed by atoms with Gasteiger partial charge in [0.15, 0.2) is 0 Å². The first-order valence-electron chi connectivity index (χ1n) is 9.14. The lowest BCUT2D eigenvalue weighted by atomic mass is 9.83. The number of amides is 1. The highest BCUT2D eigenvalue weighted by Gasteiger charge is 2.25. The molecule has 0 heterocycles. The van der Waals surface area contributed by atoms with Crippen LogP contribution in [-0.4, -0.2) is 44.2 Å². The average Bonchev–Trinajstić information content (AvgIpc) is 2.57.